The molecule has 0 aromatic heterocycles. The summed E-state index contributed by atoms with van der Waals surface area (Å²) in [7, 11) is 0. The zero-order chi connectivity index (χ0) is 13.9. The summed E-state index contributed by atoms with van der Waals surface area (Å²) in [4.78, 5) is 14.2. The molecule has 2 fully saturated rings. The van der Waals surface area contributed by atoms with Gasteiger partial charge in [-0.15, -0.1) is 0 Å². The number of aliphatic hydroxyl groups is 1. The maximum atomic E-state index is 13.1. The summed E-state index contributed by atoms with van der Waals surface area (Å²) in [5.41, 5.74) is 0. The molecule has 0 aromatic carbocycles. The molecular formula is C14H23F2NO2. The Bertz CT molecular complexity index is 311. The summed E-state index contributed by atoms with van der Waals surface area (Å²) in [5.74, 6) is -2.36. The molecule has 0 bridgehead atoms. The van der Waals surface area contributed by atoms with E-state index >= 15 is 0 Å². The Morgan fingerprint density at radius 3 is 2.58 bits per heavy atom. The quantitative estimate of drug-likeness (QED) is 0.859. The highest BCUT2D eigenvalue weighted by Crippen LogP contribution is 2.37. The number of rotatable bonds is 3. The molecule has 1 atom stereocenters. The van der Waals surface area contributed by atoms with Crippen LogP contribution in [0.5, 0.6) is 0 Å². The molecule has 0 radical (unpaired) electrons. The molecule has 1 aliphatic heterocycles. The van der Waals surface area contributed by atoms with Gasteiger partial charge in [-0.2, -0.15) is 0 Å². The number of amides is 1. The minimum Gasteiger partial charge on any atom is -0.396 e. The monoisotopic (exact) mass is 275 g/mol. The van der Waals surface area contributed by atoms with Crippen molar-refractivity contribution in [1.82, 2.24) is 4.90 Å². The predicted octanol–water partition coefficient (Wildman–Crippen LogP) is 2.43. The van der Waals surface area contributed by atoms with Crippen LogP contribution in [-0.2, 0) is 4.79 Å². The van der Waals surface area contributed by atoms with E-state index in [0.717, 1.165) is 25.8 Å². The van der Waals surface area contributed by atoms with Crippen molar-refractivity contribution in [3.8, 4) is 0 Å². The van der Waals surface area contributed by atoms with Crippen LogP contribution in [0.15, 0.2) is 0 Å². The van der Waals surface area contributed by atoms with Gasteiger partial charge in [-0.05, 0) is 38.0 Å². The number of piperidine rings is 1. The minimum absolute atomic E-state index is 0.0538. The van der Waals surface area contributed by atoms with E-state index in [1.54, 1.807) is 0 Å². The second kappa shape index (κ2) is 6.16. The predicted molar refractivity (Wildman–Crippen MR) is 67.9 cm³/mol. The summed E-state index contributed by atoms with van der Waals surface area (Å²) in [6.07, 6.45) is 3.05. The largest absolute Gasteiger partial charge is 0.396 e. The van der Waals surface area contributed by atoms with Gasteiger partial charge < -0.3 is 10.0 Å². The van der Waals surface area contributed by atoms with Crippen molar-refractivity contribution in [2.75, 3.05) is 19.7 Å². The molecule has 0 spiro atoms. The Morgan fingerprint density at radius 2 is 1.95 bits per heavy atom. The van der Waals surface area contributed by atoms with Crippen LogP contribution < -0.4 is 0 Å². The number of hydrogen-bond acceptors (Lipinski definition) is 2. The van der Waals surface area contributed by atoms with Crippen molar-refractivity contribution >= 4 is 5.91 Å². The normalized spacial score (nSPS) is 28.4. The average Bonchev–Trinajstić information content (AvgIpc) is 2.39. The van der Waals surface area contributed by atoms with E-state index in [1.807, 2.05) is 4.90 Å². The zero-order valence-corrected chi connectivity index (χ0v) is 11.3. The van der Waals surface area contributed by atoms with Gasteiger partial charge in [0.05, 0.1) is 0 Å². The third-order valence-electron chi connectivity index (χ3n) is 4.43. The Balaban J connectivity index is 1.85. The molecule has 1 aliphatic carbocycles. The fourth-order valence-corrected chi connectivity index (χ4v) is 3.23. The maximum Gasteiger partial charge on any atom is 0.248 e. The summed E-state index contributed by atoms with van der Waals surface area (Å²) in [6, 6.07) is 0. The minimum atomic E-state index is -2.57. The molecule has 1 N–H and O–H groups in total. The van der Waals surface area contributed by atoms with Crippen LogP contribution in [0.25, 0.3) is 0 Å². The molecule has 5 heteroatoms. The van der Waals surface area contributed by atoms with Crippen molar-refractivity contribution in [3.63, 3.8) is 0 Å². The van der Waals surface area contributed by atoms with Gasteiger partial charge >= 0.3 is 0 Å². The lowest BCUT2D eigenvalue weighted by Crippen LogP contribution is -2.44. The number of carbonyl (C=O) groups excluding carboxylic acids is 1. The smallest absolute Gasteiger partial charge is 0.248 e. The van der Waals surface area contributed by atoms with E-state index in [2.05, 4.69) is 0 Å². The van der Waals surface area contributed by atoms with Crippen LogP contribution >= 0.6 is 0 Å². The van der Waals surface area contributed by atoms with E-state index in [1.165, 1.54) is 0 Å². The van der Waals surface area contributed by atoms with Gasteiger partial charge in [0, 0.05) is 38.5 Å². The molecule has 1 saturated carbocycles. The molecule has 1 saturated heterocycles. The number of alkyl halides is 2. The summed E-state index contributed by atoms with van der Waals surface area (Å²) in [5, 5.41) is 8.96. The maximum absolute atomic E-state index is 13.1. The van der Waals surface area contributed by atoms with Gasteiger partial charge in [-0.1, -0.05) is 0 Å². The van der Waals surface area contributed by atoms with Crippen LogP contribution in [0.2, 0.25) is 0 Å². The zero-order valence-electron chi connectivity index (χ0n) is 11.3. The SMILES string of the molecule is O=C(C1CCC(F)(F)CC1)N1CCCC(CCO)C1. The first kappa shape index (κ1) is 14.7. The number of aliphatic hydroxyl groups excluding tert-OH is 1. The lowest BCUT2D eigenvalue weighted by Gasteiger charge is -2.36. The summed E-state index contributed by atoms with van der Waals surface area (Å²) < 4.78 is 26.2. The second-order valence-corrected chi connectivity index (χ2v) is 5.94. The number of likely N-dealkylation sites (tertiary alicyclic amines) is 1. The van der Waals surface area contributed by atoms with Crippen molar-refractivity contribution in [1.29, 1.82) is 0 Å². The molecule has 1 unspecified atom stereocenters. The van der Waals surface area contributed by atoms with Gasteiger partial charge in [-0.25, -0.2) is 8.78 Å². The molecule has 1 heterocycles. The van der Waals surface area contributed by atoms with Crippen molar-refractivity contribution in [2.24, 2.45) is 11.8 Å². The number of halogens is 2. The van der Waals surface area contributed by atoms with Gasteiger partial charge in [-0.3, -0.25) is 4.79 Å². The first-order valence-electron chi connectivity index (χ1n) is 7.29. The van der Waals surface area contributed by atoms with Crippen LogP contribution in [0.3, 0.4) is 0 Å². The lowest BCUT2D eigenvalue weighted by molar-refractivity contribution is -0.141. The van der Waals surface area contributed by atoms with Gasteiger partial charge in [0.15, 0.2) is 0 Å². The van der Waals surface area contributed by atoms with Gasteiger partial charge in [0.2, 0.25) is 11.8 Å². The molecule has 19 heavy (non-hydrogen) atoms. The summed E-state index contributed by atoms with van der Waals surface area (Å²) in [6.45, 7) is 1.59. The van der Waals surface area contributed by atoms with Crippen molar-refractivity contribution in [2.45, 2.75) is 50.9 Å². The number of carbonyl (C=O) groups is 1. The Kier molecular flexibility index (Phi) is 4.76. The van der Waals surface area contributed by atoms with E-state index < -0.39 is 5.92 Å². The molecule has 110 valence electrons. The fraction of sp³-hybridized carbons (Fsp3) is 0.929. The van der Waals surface area contributed by atoms with E-state index in [9.17, 15) is 13.6 Å². The highest BCUT2D eigenvalue weighted by atomic mass is 19.3. The highest BCUT2D eigenvalue weighted by molar-refractivity contribution is 5.79. The molecule has 0 aromatic rings. The first-order valence-corrected chi connectivity index (χ1v) is 7.29. The first-order chi connectivity index (χ1) is 9.02. The third kappa shape index (κ3) is 3.88. The number of nitrogens with zero attached hydrogens (tertiary/aromatic N) is 1. The van der Waals surface area contributed by atoms with E-state index in [4.69, 9.17) is 5.11 Å². The molecular weight excluding hydrogens is 252 g/mol. The standard InChI is InChI=1S/C14H23F2NO2/c15-14(16)6-3-12(4-7-14)13(19)17-8-1-2-11(10-17)5-9-18/h11-12,18H,1-10H2. The topological polar surface area (TPSA) is 40.5 Å². The molecule has 3 nitrogen and oxygen atoms in total. The van der Waals surface area contributed by atoms with Crippen molar-refractivity contribution in [3.05, 3.63) is 0 Å². The number of hydrogen-bond donors (Lipinski definition) is 1. The lowest BCUT2D eigenvalue weighted by atomic mass is 9.85. The van der Waals surface area contributed by atoms with E-state index in [-0.39, 0.29) is 31.3 Å². The molecule has 2 aliphatic rings. The Morgan fingerprint density at radius 1 is 1.26 bits per heavy atom. The van der Waals surface area contributed by atoms with Crippen LogP contribution in [0.1, 0.15) is 44.9 Å². The highest BCUT2D eigenvalue weighted by Gasteiger charge is 2.39. The Hall–Kier alpha value is -0.710. The second-order valence-electron chi connectivity index (χ2n) is 5.94. The average molecular weight is 275 g/mol. The fourth-order valence-electron chi connectivity index (χ4n) is 3.23. The van der Waals surface area contributed by atoms with Crippen LogP contribution in [-0.4, -0.2) is 41.5 Å². The van der Waals surface area contributed by atoms with Crippen molar-refractivity contribution < 1.29 is 18.7 Å². The third-order valence-corrected chi connectivity index (χ3v) is 4.43. The molecule has 1 amide bonds. The van der Waals surface area contributed by atoms with Crippen LogP contribution in [0, 0.1) is 11.8 Å². The van der Waals surface area contributed by atoms with E-state index in [0.29, 0.717) is 25.3 Å². The van der Waals surface area contributed by atoms with Crippen LogP contribution in [0.4, 0.5) is 8.78 Å². The Labute approximate surface area is 113 Å². The molecule has 2 rings (SSSR count). The van der Waals surface area contributed by atoms with Gasteiger partial charge in [0.1, 0.15) is 0 Å². The summed E-state index contributed by atoms with van der Waals surface area (Å²) >= 11 is 0. The van der Waals surface area contributed by atoms with Gasteiger partial charge in [0.25, 0.3) is 0 Å².